The lowest BCUT2D eigenvalue weighted by Gasteiger charge is -2.21. The highest BCUT2D eigenvalue weighted by molar-refractivity contribution is 6.99. The van der Waals surface area contributed by atoms with E-state index in [2.05, 4.69) is 15.7 Å². The molecule has 1 aliphatic carbocycles. The van der Waals surface area contributed by atoms with Crippen molar-refractivity contribution in [2.24, 2.45) is 11.8 Å². The molecule has 78 valence electrons. The van der Waals surface area contributed by atoms with E-state index in [1.807, 2.05) is 0 Å². The number of rotatable bonds is 3. The molecular weight excluding hydrogens is 196 g/mol. The second-order valence-electron chi connectivity index (χ2n) is 4.24. The normalized spacial score (nSPS) is 29.3. The predicted molar refractivity (Wildman–Crippen MR) is 56.1 cm³/mol. The third kappa shape index (κ3) is 2.12. The summed E-state index contributed by atoms with van der Waals surface area (Å²) in [6, 6.07) is 0. The zero-order valence-electron chi connectivity index (χ0n) is 8.39. The number of nitrogens with zero attached hydrogens (tertiary/aromatic N) is 2. The summed E-state index contributed by atoms with van der Waals surface area (Å²) < 4.78 is 8.06. The maximum atomic E-state index is 10.0. The fraction of sp³-hybridized carbons (Fsp3) is 0.800. The molecule has 3 nitrogen and oxygen atoms in total. The van der Waals surface area contributed by atoms with Crippen LogP contribution in [-0.2, 0) is 6.42 Å². The van der Waals surface area contributed by atoms with Crippen molar-refractivity contribution in [3.05, 3.63) is 11.9 Å². The molecule has 1 fully saturated rings. The van der Waals surface area contributed by atoms with Gasteiger partial charge >= 0.3 is 0 Å². The topological polar surface area (TPSA) is 46.0 Å². The van der Waals surface area contributed by atoms with E-state index in [9.17, 15) is 5.11 Å². The molecule has 1 aliphatic rings. The fourth-order valence-electron chi connectivity index (χ4n) is 2.39. The third-order valence-electron chi connectivity index (χ3n) is 3.25. The fourth-order valence-corrected chi connectivity index (χ4v) is 2.83. The lowest BCUT2D eigenvalue weighted by Crippen LogP contribution is -2.24. The number of hydrogen-bond donors (Lipinski definition) is 1. The molecule has 3 unspecified atom stereocenters. The van der Waals surface area contributed by atoms with E-state index >= 15 is 0 Å². The van der Waals surface area contributed by atoms with Crippen LogP contribution in [0.5, 0.6) is 0 Å². The zero-order valence-corrected chi connectivity index (χ0v) is 9.20. The van der Waals surface area contributed by atoms with E-state index in [-0.39, 0.29) is 6.10 Å². The van der Waals surface area contributed by atoms with Crippen LogP contribution in [0.4, 0.5) is 0 Å². The first-order valence-electron chi connectivity index (χ1n) is 5.22. The summed E-state index contributed by atoms with van der Waals surface area (Å²) in [5.74, 6) is 1.13. The summed E-state index contributed by atoms with van der Waals surface area (Å²) in [7, 11) is 0. The summed E-state index contributed by atoms with van der Waals surface area (Å²) >= 11 is 1.21. The monoisotopic (exact) mass is 212 g/mol. The molecule has 0 saturated heterocycles. The van der Waals surface area contributed by atoms with E-state index < -0.39 is 0 Å². The molecule has 0 bridgehead atoms. The van der Waals surface area contributed by atoms with Crippen molar-refractivity contribution < 1.29 is 5.11 Å². The number of aliphatic hydroxyl groups excluding tert-OH is 1. The van der Waals surface area contributed by atoms with Crippen molar-refractivity contribution in [1.82, 2.24) is 8.75 Å². The van der Waals surface area contributed by atoms with Gasteiger partial charge in [0.1, 0.15) is 0 Å². The third-order valence-corrected chi connectivity index (χ3v) is 3.76. The Morgan fingerprint density at radius 1 is 1.64 bits per heavy atom. The molecule has 0 spiro atoms. The van der Waals surface area contributed by atoms with Gasteiger partial charge in [-0.2, -0.15) is 8.75 Å². The van der Waals surface area contributed by atoms with Crippen LogP contribution in [0.3, 0.4) is 0 Å². The standard InChI is InChI=1S/C10H16N2OS/c1-7-3-2-4-9(7)10(13)5-8-6-11-14-12-8/h6-7,9-10,13H,2-5H2,1H3. The zero-order chi connectivity index (χ0) is 9.97. The van der Waals surface area contributed by atoms with E-state index in [4.69, 9.17) is 0 Å². The minimum absolute atomic E-state index is 0.226. The van der Waals surface area contributed by atoms with E-state index in [0.29, 0.717) is 18.3 Å². The number of aromatic nitrogens is 2. The Balaban J connectivity index is 1.92. The van der Waals surface area contributed by atoms with Gasteiger partial charge in [0, 0.05) is 6.42 Å². The van der Waals surface area contributed by atoms with Crippen LogP contribution in [0.15, 0.2) is 6.20 Å². The van der Waals surface area contributed by atoms with E-state index in [1.54, 1.807) is 6.20 Å². The quantitative estimate of drug-likeness (QED) is 0.832. The number of aliphatic hydroxyl groups is 1. The van der Waals surface area contributed by atoms with Crippen LogP contribution in [0.2, 0.25) is 0 Å². The van der Waals surface area contributed by atoms with Crippen molar-refractivity contribution in [2.45, 2.75) is 38.7 Å². The Labute approximate surface area is 88.5 Å². The average molecular weight is 212 g/mol. The largest absolute Gasteiger partial charge is 0.392 e. The molecule has 1 aromatic rings. The Morgan fingerprint density at radius 2 is 2.50 bits per heavy atom. The summed E-state index contributed by atoms with van der Waals surface area (Å²) in [6.45, 7) is 2.24. The van der Waals surface area contributed by atoms with Gasteiger partial charge in [0.25, 0.3) is 0 Å². The minimum Gasteiger partial charge on any atom is -0.392 e. The molecule has 1 saturated carbocycles. The molecule has 0 radical (unpaired) electrons. The first-order chi connectivity index (χ1) is 6.77. The lowest BCUT2D eigenvalue weighted by atomic mass is 9.90. The first kappa shape index (κ1) is 10.1. The molecule has 0 aromatic carbocycles. The van der Waals surface area contributed by atoms with Crippen molar-refractivity contribution in [2.75, 3.05) is 0 Å². The van der Waals surface area contributed by atoms with Gasteiger partial charge in [-0.15, -0.1) is 0 Å². The van der Waals surface area contributed by atoms with Crippen LogP contribution in [0, 0.1) is 11.8 Å². The highest BCUT2D eigenvalue weighted by atomic mass is 32.1. The minimum atomic E-state index is -0.226. The van der Waals surface area contributed by atoms with Gasteiger partial charge in [0.15, 0.2) is 0 Å². The van der Waals surface area contributed by atoms with Crippen molar-refractivity contribution in [1.29, 1.82) is 0 Å². The summed E-state index contributed by atoms with van der Waals surface area (Å²) in [4.78, 5) is 0. The van der Waals surface area contributed by atoms with Gasteiger partial charge in [0.2, 0.25) is 0 Å². The number of hydrogen-bond acceptors (Lipinski definition) is 4. The molecule has 0 aliphatic heterocycles. The Kier molecular flexibility index (Phi) is 3.13. The van der Waals surface area contributed by atoms with E-state index in [0.717, 1.165) is 5.69 Å². The molecular formula is C10H16N2OS. The maximum absolute atomic E-state index is 10.0. The van der Waals surface area contributed by atoms with Crippen molar-refractivity contribution in [3.63, 3.8) is 0 Å². The first-order valence-corrected chi connectivity index (χ1v) is 5.95. The molecule has 2 rings (SSSR count). The van der Waals surface area contributed by atoms with Crippen molar-refractivity contribution >= 4 is 11.7 Å². The van der Waals surface area contributed by atoms with E-state index in [1.165, 1.54) is 31.0 Å². The molecule has 1 heterocycles. The van der Waals surface area contributed by atoms with Crippen LogP contribution >= 0.6 is 11.7 Å². The SMILES string of the molecule is CC1CCCC1C(O)Cc1cnsn1. The van der Waals surface area contributed by atoms with Gasteiger partial charge in [-0.25, -0.2) is 0 Å². The Bertz CT molecular complexity index is 276. The second-order valence-corrected chi connectivity index (χ2v) is 4.80. The van der Waals surface area contributed by atoms with Gasteiger partial charge < -0.3 is 5.11 Å². The average Bonchev–Trinajstić information content (AvgIpc) is 2.75. The Hall–Kier alpha value is -0.480. The molecule has 0 amide bonds. The highest BCUT2D eigenvalue weighted by Crippen LogP contribution is 2.34. The molecule has 4 heteroatoms. The maximum Gasteiger partial charge on any atom is 0.0768 e. The molecule has 3 atom stereocenters. The predicted octanol–water partition coefficient (Wildman–Crippen LogP) is 1.88. The van der Waals surface area contributed by atoms with Crippen molar-refractivity contribution in [3.8, 4) is 0 Å². The van der Waals surface area contributed by atoms with Crippen LogP contribution < -0.4 is 0 Å². The smallest absolute Gasteiger partial charge is 0.0768 e. The van der Waals surface area contributed by atoms with Gasteiger partial charge in [-0.1, -0.05) is 19.8 Å². The van der Waals surface area contributed by atoms with Gasteiger partial charge in [-0.05, 0) is 18.3 Å². The highest BCUT2D eigenvalue weighted by Gasteiger charge is 2.29. The van der Waals surface area contributed by atoms with Crippen LogP contribution in [0.25, 0.3) is 0 Å². The summed E-state index contributed by atoms with van der Waals surface area (Å²) in [5.41, 5.74) is 0.932. The lowest BCUT2D eigenvalue weighted by molar-refractivity contribution is 0.0894. The Morgan fingerprint density at radius 3 is 3.07 bits per heavy atom. The summed E-state index contributed by atoms with van der Waals surface area (Å²) in [6.07, 6.45) is 5.89. The molecule has 1 aromatic heterocycles. The second kappa shape index (κ2) is 4.36. The van der Waals surface area contributed by atoms with Crippen LogP contribution in [-0.4, -0.2) is 20.0 Å². The molecule has 1 N–H and O–H groups in total. The van der Waals surface area contributed by atoms with Gasteiger partial charge in [-0.3, -0.25) is 0 Å². The van der Waals surface area contributed by atoms with Gasteiger partial charge in [0.05, 0.1) is 29.7 Å². The summed E-state index contributed by atoms with van der Waals surface area (Å²) in [5, 5.41) is 10.0. The molecule has 14 heavy (non-hydrogen) atoms. The van der Waals surface area contributed by atoms with Crippen LogP contribution in [0.1, 0.15) is 31.9 Å².